The number of aryl methyl sites for hydroxylation is 2. The molecule has 5 nitrogen and oxygen atoms in total. The first-order valence-electron chi connectivity index (χ1n) is 9.34. The number of hydrogen-bond acceptors (Lipinski definition) is 4. The van der Waals surface area contributed by atoms with E-state index in [-0.39, 0.29) is 5.91 Å². The van der Waals surface area contributed by atoms with Crippen molar-refractivity contribution in [1.82, 2.24) is 0 Å². The summed E-state index contributed by atoms with van der Waals surface area (Å²) in [6, 6.07) is 21.3. The monoisotopic (exact) mass is 389 g/mol. The molecule has 1 amide bonds. The Morgan fingerprint density at radius 3 is 2.21 bits per heavy atom. The van der Waals surface area contributed by atoms with Crippen molar-refractivity contribution in [2.45, 2.75) is 26.9 Å². The van der Waals surface area contributed by atoms with Gasteiger partial charge in [0.2, 0.25) is 0 Å². The third-order valence-electron chi connectivity index (χ3n) is 4.35. The maximum absolute atomic E-state index is 12.5. The molecule has 0 radical (unpaired) electrons. The van der Waals surface area contributed by atoms with E-state index in [1.807, 2.05) is 50.2 Å². The van der Waals surface area contributed by atoms with Gasteiger partial charge in [-0.15, -0.1) is 0 Å². The van der Waals surface area contributed by atoms with Gasteiger partial charge in [0.05, 0.1) is 0 Å². The zero-order chi connectivity index (χ0) is 20.8. The number of anilines is 1. The molecule has 0 aliphatic heterocycles. The van der Waals surface area contributed by atoms with Crippen molar-refractivity contribution < 1.29 is 19.1 Å². The number of hydrogen-bond donors (Lipinski definition) is 1. The molecular formula is C24H23NO4. The Balaban J connectivity index is 1.59. The highest BCUT2D eigenvalue weighted by Crippen LogP contribution is 2.19. The summed E-state index contributed by atoms with van der Waals surface area (Å²) in [6.07, 6.45) is -0.759. The van der Waals surface area contributed by atoms with Crippen molar-refractivity contribution in [3.05, 3.63) is 89.5 Å². The molecule has 5 heteroatoms. The number of para-hydroxylation sites is 1. The minimum absolute atomic E-state index is 0.226. The number of carbonyl (C=O) groups excluding carboxylic acids is 2. The van der Waals surface area contributed by atoms with E-state index in [2.05, 4.69) is 5.32 Å². The Kier molecular flexibility index (Phi) is 6.29. The van der Waals surface area contributed by atoms with Crippen molar-refractivity contribution >= 4 is 17.6 Å². The van der Waals surface area contributed by atoms with Gasteiger partial charge in [0.25, 0.3) is 5.91 Å². The van der Waals surface area contributed by atoms with E-state index in [9.17, 15) is 9.59 Å². The highest BCUT2D eigenvalue weighted by Gasteiger charge is 2.17. The van der Waals surface area contributed by atoms with Gasteiger partial charge in [-0.3, -0.25) is 4.79 Å². The molecule has 29 heavy (non-hydrogen) atoms. The van der Waals surface area contributed by atoms with Crippen LogP contribution in [0.3, 0.4) is 0 Å². The molecule has 0 fully saturated rings. The fourth-order valence-corrected chi connectivity index (χ4v) is 2.77. The second-order valence-electron chi connectivity index (χ2n) is 6.79. The quantitative estimate of drug-likeness (QED) is 0.480. The van der Waals surface area contributed by atoms with Crippen LogP contribution >= 0.6 is 0 Å². The summed E-state index contributed by atoms with van der Waals surface area (Å²) >= 11 is 0. The summed E-state index contributed by atoms with van der Waals surface area (Å²) in [4.78, 5) is 24.7. The Morgan fingerprint density at radius 2 is 1.55 bits per heavy atom. The largest absolute Gasteiger partial charge is 0.479 e. The minimum atomic E-state index is -0.759. The van der Waals surface area contributed by atoms with Crippen LogP contribution in [0.5, 0.6) is 11.5 Å². The van der Waals surface area contributed by atoms with Crippen LogP contribution in [-0.4, -0.2) is 18.0 Å². The summed E-state index contributed by atoms with van der Waals surface area (Å²) in [6.45, 7) is 5.58. The van der Waals surface area contributed by atoms with Crippen LogP contribution in [0.2, 0.25) is 0 Å². The fourth-order valence-electron chi connectivity index (χ4n) is 2.77. The Labute approximate surface area is 170 Å². The molecule has 3 rings (SSSR count). The SMILES string of the molecule is Cc1ccc(NC(=O)c2ccc(OC(=O)C(C)Oc3ccccc3)cc2)c(C)c1. The predicted molar refractivity (Wildman–Crippen MR) is 112 cm³/mol. The van der Waals surface area contributed by atoms with Crippen LogP contribution in [0, 0.1) is 13.8 Å². The summed E-state index contributed by atoms with van der Waals surface area (Å²) in [5.74, 6) is 0.203. The van der Waals surface area contributed by atoms with Crippen molar-refractivity contribution in [2.24, 2.45) is 0 Å². The number of rotatable bonds is 6. The van der Waals surface area contributed by atoms with Gasteiger partial charge in [0.1, 0.15) is 11.5 Å². The minimum Gasteiger partial charge on any atom is -0.479 e. The van der Waals surface area contributed by atoms with E-state index < -0.39 is 12.1 Å². The van der Waals surface area contributed by atoms with Crippen molar-refractivity contribution in [1.29, 1.82) is 0 Å². The molecule has 148 valence electrons. The van der Waals surface area contributed by atoms with E-state index >= 15 is 0 Å². The third kappa shape index (κ3) is 5.45. The van der Waals surface area contributed by atoms with Crippen LogP contribution in [0.4, 0.5) is 5.69 Å². The van der Waals surface area contributed by atoms with Gasteiger partial charge in [0, 0.05) is 11.3 Å². The fraction of sp³-hybridized carbons (Fsp3) is 0.167. The molecule has 1 unspecified atom stereocenters. The zero-order valence-electron chi connectivity index (χ0n) is 16.6. The number of benzene rings is 3. The predicted octanol–water partition coefficient (Wildman–Crippen LogP) is 4.93. The number of carbonyl (C=O) groups is 2. The van der Waals surface area contributed by atoms with E-state index in [4.69, 9.17) is 9.47 Å². The molecule has 0 heterocycles. The highest BCUT2D eigenvalue weighted by atomic mass is 16.6. The number of amides is 1. The van der Waals surface area contributed by atoms with Gasteiger partial charge in [-0.25, -0.2) is 4.79 Å². The molecule has 0 aliphatic carbocycles. The van der Waals surface area contributed by atoms with Gasteiger partial charge >= 0.3 is 5.97 Å². The standard InChI is InChI=1S/C24H23NO4/c1-16-9-14-22(17(2)15-16)25-23(26)19-10-12-21(13-11-19)29-24(27)18(3)28-20-7-5-4-6-8-20/h4-15,18H,1-3H3,(H,25,26). The lowest BCUT2D eigenvalue weighted by molar-refractivity contribution is -0.141. The van der Waals surface area contributed by atoms with Gasteiger partial charge in [0.15, 0.2) is 6.10 Å². The molecule has 3 aromatic carbocycles. The van der Waals surface area contributed by atoms with E-state index in [0.717, 1.165) is 16.8 Å². The highest BCUT2D eigenvalue weighted by molar-refractivity contribution is 6.04. The Morgan fingerprint density at radius 1 is 0.862 bits per heavy atom. The first-order valence-corrected chi connectivity index (χ1v) is 9.34. The maximum Gasteiger partial charge on any atom is 0.352 e. The maximum atomic E-state index is 12.5. The normalized spacial score (nSPS) is 11.4. The molecule has 0 aliphatic rings. The van der Waals surface area contributed by atoms with E-state index in [1.165, 1.54) is 0 Å². The molecule has 0 bridgehead atoms. The number of ether oxygens (including phenoxy) is 2. The molecule has 0 spiro atoms. The van der Waals surface area contributed by atoms with Gasteiger partial charge < -0.3 is 14.8 Å². The summed E-state index contributed by atoms with van der Waals surface area (Å²) in [7, 11) is 0. The van der Waals surface area contributed by atoms with Crippen LogP contribution in [-0.2, 0) is 4.79 Å². The summed E-state index contributed by atoms with van der Waals surface area (Å²) in [5, 5.41) is 2.89. The second-order valence-corrected chi connectivity index (χ2v) is 6.79. The van der Waals surface area contributed by atoms with Crippen LogP contribution in [0.25, 0.3) is 0 Å². The molecule has 1 atom stereocenters. The van der Waals surface area contributed by atoms with Crippen LogP contribution in [0.1, 0.15) is 28.4 Å². The first-order chi connectivity index (χ1) is 13.9. The van der Waals surface area contributed by atoms with Gasteiger partial charge in [-0.05, 0) is 68.8 Å². The molecular weight excluding hydrogens is 366 g/mol. The smallest absolute Gasteiger partial charge is 0.352 e. The lowest BCUT2D eigenvalue weighted by Gasteiger charge is -2.14. The Hall–Kier alpha value is -3.60. The van der Waals surface area contributed by atoms with Crippen molar-refractivity contribution in [3.8, 4) is 11.5 Å². The molecule has 1 N–H and O–H groups in total. The van der Waals surface area contributed by atoms with Crippen LogP contribution < -0.4 is 14.8 Å². The average molecular weight is 389 g/mol. The number of nitrogens with one attached hydrogen (secondary N) is 1. The zero-order valence-corrected chi connectivity index (χ0v) is 16.6. The topological polar surface area (TPSA) is 64.6 Å². The van der Waals surface area contributed by atoms with E-state index in [0.29, 0.717) is 17.1 Å². The third-order valence-corrected chi connectivity index (χ3v) is 4.35. The van der Waals surface area contributed by atoms with Crippen LogP contribution in [0.15, 0.2) is 72.8 Å². The molecule has 0 saturated heterocycles. The average Bonchev–Trinajstić information content (AvgIpc) is 2.71. The van der Waals surface area contributed by atoms with Crippen molar-refractivity contribution in [3.63, 3.8) is 0 Å². The second kappa shape index (κ2) is 9.06. The van der Waals surface area contributed by atoms with Gasteiger partial charge in [-0.2, -0.15) is 0 Å². The summed E-state index contributed by atoms with van der Waals surface area (Å²) < 4.78 is 10.9. The lowest BCUT2D eigenvalue weighted by atomic mass is 10.1. The molecule has 3 aromatic rings. The molecule has 0 saturated carbocycles. The summed E-state index contributed by atoms with van der Waals surface area (Å²) in [5.41, 5.74) is 3.37. The van der Waals surface area contributed by atoms with Crippen molar-refractivity contribution in [2.75, 3.05) is 5.32 Å². The number of esters is 1. The Bertz CT molecular complexity index is 997. The molecule has 0 aromatic heterocycles. The van der Waals surface area contributed by atoms with Gasteiger partial charge in [-0.1, -0.05) is 35.9 Å². The first kappa shape index (κ1) is 20.1. The lowest BCUT2D eigenvalue weighted by Crippen LogP contribution is -2.28. The van der Waals surface area contributed by atoms with E-state index in [1.54, 1.807) is 43.3 Å².